The third-order valence-corrected chi connectivity index (χ3v) is 4.41. The van der Waals surface area contributed by atoms with Gasteiger partial charge in [-0.3, -0.25) is 4.90 Å². The van der Waals surface area contributed by atoms with Crippen LogP contribution in [0.4, 0.5) is 0 Å². The van der Waals surface area contributed by atoms with Crippen molar-refractivity contribution in [2.45, 2.75) is 5.75 Å². The third kappa shape index (κ3) is 5.10. The number of benzene rings is 1. The Hall–Kier alpha value is -0.620. The minimum absolute atomic E-state index is 0.464. The van der Waals surface area contributed by atoms with Crippen LogP contribution in [0.15, 0.2) is 24.3 Å². The fourth-order valence-electron chi connectivity index (χ4n) is 1.97. The van der Waals surface area contributed by atoms with Gasteiger partial charge >= 0.3 is 0 Å². The summed E-state index contributed by atoms with van der Waals surface area (Å²) < 4.78 is 5.34. The Kier molecular flexibility index (Phi) is 6.10. The van der Waals surface area contributed by atoms with Crippen molar-refractivity contribution in [2.24, 2.45) is 5.73 Å². The van der Waals surface area contributed by atoms with E-state index in [2.05, 4.69) is 17.0 Å². The van der Waals surface area contributed by atoms with Gasteiger partial charge in [-0.25, -0.2) is 0 Å². The molecule has 0 unspecified atom stereocenters. The smallest absolute Gasteiger partial charge is 0.103 e. The maximum absolute atomic E-state index is 5.58. The number of hydrogen-bond acceptors (Lipinski definition) is 4. The summed E-state index contributed by atoms with van der Waals surface area (Å²) in [6, 6.07) is 8.22. The molecule has 0 aromatic heterocycles. The van der Waals surface area contributed by atoms with E-state index in [1.807, 2.05) is 23.9 Å². The van der Waals surface area contributed by atoms with Gasteiger partial charge in [0.1, 0.15) is 4.99 Å². The molecule has 1 aromatic rings. The lowest BCUT2D eigenvalue weighted by Gasteiger charge is -2.26. The molecule has 0 atom stereocenters. The number of nitrogens with zero attached hydrogens (tertiary/aromatic N) is 1. The van der Waals surface area contributed by atoms with Crippen LogP contribution in [0.2, 0.25) is 0 Å². The molecule has 0 saturated carbocycles. The Morgan fingerprint density at radius 2 is 1.95 bits per heavy atom. The summed E-state index contributed by atoms with van der Waals surface area (Å²) in [6.45, 7) is 5.06. The van der Waals surface area contributed by atoms with Crippen molar-refractivity contribution in [1.82, 2.24) is 4.90 Å². The highest BCUT2D eigenvalue weighted by molar-refractivity contribution is 7.98. The van der Waals surface area contributed by atoms with Gasteiger partial charge in [-0.05, 0) is 5.56 Å². The van der Waals surface area contributed by atoms with Crippen molar-refractivity contribution in [3.05, 3.63) is 35.4 Å². The first-order valence-corrected chi connectivity index (χ1v) is 8.08. The molecular weight excluding hydrogens is 276 g/mol. The molecule has 0 aliphatic carbocycles. The lowest BCUT2D eigenvalue weighted by atomic mass is 10.1. The van der Waals surface area contributed by atoms with E-state index in [1.54, 1.807) is 0 Å². The maximum Gasteiger partial charge on any atom is 0.103 e. The number of nitrogens with two attached hydrogens (primary N) is 1. The standard InChI is InChI=1S/C14H20N2OS2/c15-14(18)13-3-1-12(2-4-13)11-19-10-7-16-5-8-17-9-6-16/h1-4H,5-11H2,(H2,15,18). The molecule has 2 N–H and O–H groups in total. The van der Waals surface area contributed by atoms with Crippen molar-refractivity contribution < 1.29 is 4.74 Å². The van der Waals surface area contributed by atoms with Crippen LogP contribution in [0.25, 0.3) is 0 Å². The van der Waals surface area contributed by atoms with E-state index in [0.29, 0.717) is 4.99 Å². The first-order chi connectivity index (χ1) is 9.25. The van der Waals surface area contributed by atoms with Crippen molar-refractivity contribution in [3.8, 4) is 0 Å². The molecular formula is C14H20N2OS2. The molecule has 1 aliphatic rings. The number of rotatable bonds is 6. The number of morpholine rings is 1. The second-order valence-electron chi connectivity index (χ2n) is 4.57. The van der Waals surface area contributed by atoms with Crippen LogP contribution in [0.1, 0.15) is 11.1 Å². The van der Waals surface area contributed by atoms with Gasteiger partial charge in [-0.1, -0.05) is 36.5 Å². The molecule has 19 heavy (non-hydrogen) atoms. The van der Waals surface area contributed by atoms with Gasteiger partial charge in [0.05, 0.1) is 13.2 Å². The summed E-state index contributed by atoms with van der Waals surface area (Å²) in [6.07, 6.45) is 0. The van der Waals surface area contributed by atoms with E-state index in [0.717, 1.165) is 49.9 Å². The molecule has 3 nitrogen and oxygen atoms in total. The predicted octanol–water partition coefficient (Wildman–Crippen LogP) is 1.89. The van der Waals surface area contributed by atoms with Crippen molar-refractivity contribution in [1.29, 1.82) is 0 Å². The van der Waals surface area contributed by atoms with Gasteiger partial charge in [0.2, 0.25) is 0 Å². The van der Waals surface area contributed by atoms with Crippen LogP contribution in [-0.2, 0) is 10.5 Å². The first kappa shape index (κ1) is 14.8. The third-order valence-electron chi connectivity index (χ3n) is 3.16. The van der Waals surface area contributed by atoms with Gasteiger partial charge in [0, 0.05) is 36.7 Å². The summed E-state index contributed by atoms with van der Waals surface area (Å²) in [5.41, 5.74) is 7.85. The van der Waals surface area contributed by atoms with Crippen molar-refractivity contribution in [3.63, 3.8) is 0 Å². The summed E-state index contributed by atoms with van der Waals surface area (Å²) in [5.74, 6) is 2.21. The zero-order valence-corrected chi connectivity index (χ0v) is 12.6. The number of thiocarbonyl (C=S) groups is 1. The monoisotopic (exact) mass is 296 g/mol. The van der Waals surface area contributed by atoms with E-state index in [9.17, 15) is 0 Å². The van der Waals surface area contributed by atoms with Crippen LogP contribution >= 0.6 is 24.0 Å². The second kappa shape index (κ2) is 7.85. The molecule has 0 radical (unpaired) electrons. The molecule has 1 saturated heterocycles. The molecule has 1 aliphatic heterocycles. The first-order valence-electron chi connectivity index (χ1n) is 6.52. The Balaban J connectivity index is 1.66. The van der Waals surface area contributed by atoms with Crippen LogP contribution in [0.5, 0.6) is 0 Å². The van der Waals surface area contributed by atoms with Crippen molar-refractivity contribution in [2.75, 3.05) is 38.6 Å². The number of hydrogen-bond donors (Lipinski definition) is 1. The van der Waals surface area contributed by atoms with E-state index in [1.165, 1.54) is 5.56 Å². The lowest BCUT2D eigenvalue weighted by molar-refractivity contribution is 0.0410. The Labute approximate surface area is 124 Å². The minimum Gasteiger partial charge on any atom is -0.389 e. The van der Waals surface area contributed by atoms with E-state index < -0.39 is 0 Å². The van der Waals surface area contributed by atoms with Gasteiger partial charge < -0.3 is 10.5 Å². The van der Waals surface area contributed by atoms with Crippen LogP contribution < -0.4 is 5.73 Å². The Bertz CT molecular complexity index is 402. The summed E-state index contributed by atoms with van der Waals surface area (Å²) >= 11 is 6.91. The quantitative estimate of drug-likeness (QED) is 0.641. The summed E-state index contributed by atoms with van der Waals surface area (Å²) in [7, 11) is 0. The van der Waals surface area contributed by atoms with Crippen LogP contribution in [-0.4, -0.2) is 48.5 Å². The SMILES string of the molecule is NC(=S)c1ccc(CSCCN2CCOCC2)cc1. The lowest BCUT2D eigenvalue weighted by Crippen LogP contribution is -2.37. The molecule has 2 rings (SSSR count). The zero-order chi connectivity index (χ0) is 13.5. The van der Waals surface area contributed by atoms with Crippen molar-refractivity contribution >= 4 is 29.0 Å². The average Bonchev–Trinajstić information content (AvgIpc) is 2.45. The highest BCUT2D eigenvalue weighted by Crippen LogP contribution is 2.13. The molecule has 1 fully saturated rings. The molecule has 0 bridgehead atoms. The Morgan fingerprint density at radius 3 is 2.58 bits per heavy atom. The molecule has 0 amide bonds. The molecule has 104 valence electrons. The van der Waals surface area contributed by atoms with Gasteiger partial charge in [0.25, 0.3) is 0 Å². The molecule has 1 heterocycles. The maximum atomic E-state index is 5.58. The van der Waals surface area contributed by atoms with Gasteiger partial charge in [0.15, 0.2) is 0 Å². The Morgan fingerprint density at radius 1 is 1.26 bits per heavy atom. The van der Waals surface area contributed by atoms with Crippen LogP contribution in [0.3, 0.4) is 0 Å². The van der Waals surface area contributed by atoms with Crippen LogP contribution in [0, 0.1) is 0 Å². The highest BCUT2D eigenvalue weighted by Gasteiger charge is 2.09. The second-order valence-corrected chi connectivity index (χ2v) is 6.11. The van der Waals surface area contributed by atoms with Gasteiger partial charge in [-0.15, -0.1) is 0 Å². The fourth-order valence-corrected chi connectivity index (χ4v) is 3.07. The predicted molar refractivity (Wildman–Crippen MR) is 85.8 cm³/mol. The largest absolute Gasteiger partial charge is 0.389 e. The average molecular weight is 296 g/mol. The summed E-state index contributed by atoms with van der Waals surface area (Å²) in [4.78, 5) is 2.93. The normalized spacial score (nSPS) is 16.4. The number of thioether (sulfide) groups is 1. The fraction of sp³-hybridized carbons (Fsp3) is 0.500. The number of ether oxygens (including phenoxy) is 1. The van der Waals surface area contributed by atoms with Gasteiger partial charge in [-0.2, -0.15) is 11.8 Å². The molecule has 0 spiro atoms. The highest BCUT2D eigenvalue weighted by atomic mass is 32.2. The topological polar surface area (TPSA) is 38.5 Å². The van der Waals surface area contributed by atoms with E-state index >= 15 is 0 Å². The zero-order valence-electron chi connectivity index (χ0n) is 11.0. The molecule has 1 aromatic carbocycles. The van der Waals surface area contributed by atoms with E-state index in [4.69, 9.17) is 22.7 Å². The molecule has 5 heteroatoms. The minimum atomic E-state index is 0.464. The van der Waals surface area contributed by atoms with E-state index in [-0.39, 0.29) is 0 Å². The summed E-state index contributed by atoms with van der Waals surface area (Å²) in [5, 5.41) is 0.